The van der Waals surface area contributed by atoms with Gasteiger partial charge in [0.15, 0.2) is 0 Å². The fourth-order valence-corrected chi connectivity index (χ4v) is 1.93. The van der Waals surface area contributed by atoms with Crippen LogP contribution in [-0.4, -0.2) is 42.3 Å². The summed E-state index contributed by atoms with van der Waals surface area (Å²) in [6.45, 7) is 1.93. The lowest BCUT2D eigenvalue weighted by Gasteiger charge is -2.35. The van der Waals surface area contributed by atoms with E-state index in [-0.39, 0.29) is 25.0 Å². The maximum absolute atomic E-state index is 12.8. The number of rotatable bonds is 3. The number of alkyl halides is 4. The Labute approximate surface area is 96.9 Å². The molecule has 1 aliphatic rings. The van der Waals surface area contributed by atoms with Gasteiger partial charge in [-0.3, -0.25) is 4.79 Å². The molecule has 1 rings (SSSR count). The number of halogens is 4. The van der Waals surface area contributed by atoms with E-state index in [0.717, 1.165) is 4.90 Å². The van der Waals surface area contributed by atoms with Crippen LogP contribution in [0.3, 0.4) is 0 Å². The highest BCUT2D eigenvalue weighted by Crippen LogP contribution is 2.28. The zero-order valence-corrected chi connectivity index (χ0v) is 9.51. The second kappa shape index (κ2) is 5.20. The van der Waals surface area contributed by atoms with Gasteiger partial charge in [0.2, 0.25) is 0 Å². The van der Waals surface area contributed by atoms with Gasteiger partial charge in [0, 0.05) is 19.1 Å². The molecule has 1 unspecified atom stereocenters. The first-order valence-electron chi connectivity index (χ1n) is 5.47. The van der Waals surface area contributed by atoms with E-state index in [0.29, 0.717) is 12.8 Å². The molecule has 7 heteroatoms. The van der Waals surface area contributed by atoms with Gasteiger partial charge >= 0.3 is 12.3 Å². The highest BCUT2D eigenvalue weighted by atomic mass is 19.3. The zero-order valence-electron chi connectivity index (χ0n) is 9.51. The van der Waals surface area contributed by atoms with Crippen molar-refractivity contribution in [2.24, 2.45) is 11.7 Å². The van der Waals surface area contributed by atoms with Crippen molar-refractivity contribution in [3.8, 4) is 0 Å². The number of hydrogen-bond acceptors (Lipinski definition) is 2. The van der Waals surface area contributed by atoms with Gasteiger partial charge in [-0.1, -0.05) is 0 Å². The topological polar surface area (TPSA) is 46.3 Å². The van der Waals surface area contributed by atoms with Gasteiger partial charge in [-0.2, -0.15) is 8.78 Å². The molecule has 3 nitrogen and oxygen atoms in total. The van der Waals surface area contributed by atoms with Crippen LogP contribution in [0.2, 0.25) is 0 Å². The summed E-state index contributed by atoms with van der Waals surface area (Å²) in [7, 11) is 0. The Morgan fingerprint density at radius 3 is 2.18 bits per heavy atom. The van der Waals surface area contributed by atoms with Crippen LogP contribution < -0.4 is 5.73 Å². The Balaban J connectivity index is 2.57. The Morgan fingerprint density at radius 2 is 1.82 bits per heavy atom. The van der Waals surface area contributed by atoms with Crippen LogP contribution in [0.25, 0.3) is 0 Å². The number of amides is 1. The minimum absolute atomic E-state index is 0.0628. The maximum Gasteiger partial charge on any atom is 0.383 e. The number of piperidine rings is 1. The molecule has 1 fully saturated rings. The second-order valence-electron chi connectivity index (χ2n) is 4.41. The largest absolute Gasteiger partial charge is 0.383 e. The third-order valence-corrected chi connectivity index (χ3v) is 3.13. The number of nitrogens with zero attached hydrogens (tertiary/aromatic N) is 1. The van der Waals surface area contributed by atoms with Gasteiger partial charge in [0.05, 0.1) is 0 Å². The molecular formula is C10H16F4N2O. The zero-order chi connectivity index (χ0) is 13.2. The molecule has 1 amide bonds. The highest BCUT2D eigenvalue weighted by molar-refractivity contribution is 5.84. The van der Waals surface area contributed by atoms with Gasteiger partial charge in [-0.25, -0.2) is 8.78 Å². The highest BCUT2D eigenvalue weighted by Gasteiger charge is 2.51. The van der Waals surface area contributed by atoms with Crippen LogP contribution in [0.1, 0.15) is 19.8 Å². The summed E-state index contributed by atoms with van der Waals surface area (Å²) < 4.78 is 49.6. The summed E-state index contributed by atoms with van der Waals surface area (Å²) in [6, 6.07) is -0.0807. The van der Waals surface area contributed by atoms with Gasteiger partial charge in [0.25, 0.3) is 5.91 Å². The van der Waals surface area contributed by atoms with Crippen LogP contribution in [0.15, 0.2) is 0 Å². The number of hydrogen-bond donors (Lipinski definition) is 1. The molecule has 0 spiro atoms. The van der Waals surface area contributed by atoms with Gasteiger partial charge in [-0.05, 0) is 25.7 Å². The third-order valence-electron chi connectivity index (χ3n) is 3.13. The molecule has 1 saturated heterocycles. The van der Waals surface area contributed by atoms with Crippen LogP contribution in [0.5, 0.6) is 0 Å². The van der Waals surface area contributed by atoms with Gasteiger partial charge in [-0.15, -0.1) is 0 Å². The molecule has 0 aromatic carbocycles. The predicted molar refractivity (Wildman–Crippen MR) is 53.9 cm³/mol. The van der Waals surface area contributed by atoms with Crippen LogP contribution in [0.4, 0.5) is 17.6 Å². The summed E-state index contributed by atoms with van der Waals surface area (Å²) in [5.41, 5.74) is 5.65. The van der Waals surface area contributed by atoms with Crippen molar-refractivity contribution in [1.29, 1.82) is 0 Å². The van der Waals surface area contributed by atoms with E-state index in [4.69, 9.17) is 5.73 Å². The average molecular weight is 256 g/mol. The van der Waals surface area contributed by atoms with Crippen molar-refractivity contribution in [3.63, 3.8) is 0 Å². The van der Waals surface area contributed by atoms with E-state index in [9.17, 15) is 22.4 Å². The second-order valence-corrected chi connectivity index (χ2v) is 4.41. The number of carbonyl (C=O) groups excluding carboxylic acids is 1. The molecule has 17 heavy (non-hydrogen) atoms. The van der Waals surface area contributed by atoms with E-state index >= 15 is 0 Å². The van der Waals surface area contributed by atoms with Crippen molar-refractivity contribution in [3.05, 3.63) is 0 Å². The molecule has 0 bridgehead atoms. The summed E-state index contributed by atoms with van der Waals surface area (Å²) in [5, 5.41) is 0. The SMILES string of the molecule is CC(N)C1CCN(C(=O)C(F)(F)C(F)F)CC1. The third kappa shape index (κ3) is 3.08. The van der Waals surface area contributed by atoms with E-state index in [2.05, 4.69) is 0 Å². The number of nitrogens with two attached hydrogens (primary N) is 1. The van der Waals surface area contributed by atoms with Crippen molar-refractivity contribution >= 4 is 5.91 Å². The van der Waals surface area contributed by atoms with E-state index in [1.165, 1.54) is 0 Å². The molecule has 0 aliphatic carbocycles. The molecule has 1 atom stereocenters. The molecule has 100 valence electrons. The van der Waals surface area contributed by atoms with Crippen molar-refractivity contribution < 1.29 is 22.4 Å². The number of likely N-dealkylation sites (tertiary alicyclic amines) is 1. The van der Waals surface area contributed by atoms with Gasteiger partial charge in [0.1, 0.15) is 0 Å². The van der Waals surface area contributed by atoms with Crippen LogP contribution in [-0.2, 0) is 4.79 Å². The molecule has 0 aromatic rings. The van der Waals surface area contributed by atoms with E-state index < -0.39 is 18.3 Å². The molecule has 0 aromatic heterocycles. The first-order valence-corrected chi connectivity index (χ1v) is 5.47. The fraction of sp³-hybridized carbons (Fsp3) is 0.900. The first-order chi connectivity index (χ1) is 7.76. The first kappa shape index (κ1) is 14.2. The monoisotopic (exact) mass is 256 g/mol. The molecule has 1 heterocycles. The quantitative estimate of drug-likeness (QED) is 0.777. The standard InChI is InChI=1S/C10H16F4N2O/c1-6(15)7-2-4-16(5-3-7)9(17)10(13,14)8(11)12/h6-8H,2-5,15H2,1H3. The van der Waals surface area contributed by atoms with Crippen molar-refractivity contribution in [1.82, 2.24) is 4.90 Å². The normalized spacial score (nSPS) is 20.8. The molecular weight excluding hydrogens is 240 g/mol. The van der Waals surface area contributed by atoms with E-state index in [1.807, 2.05) is 0 Å². The maximum atomic E-state index is 12.8. The summed E-state index contributed by atoms with van der Waals surface area (Å²) >= 11 is 0. The lowest BCUT2D eigenvalue weighted by atomic mass is 9.91. The van der Waals surface area contributed by atoms with Gasteiger partial charge < -0.3 is 10.6 Å². The Bertz CT molecular complexity index is 275. The molecule has 2 N–H and O–H groups in total. The minimum Gasteiger partial charge on any atom is -0.337 e. The molecule has 0 radical (unpaired) electrons. The Hall–Kier alpha value is -0.850. The minimum atomic E-state index is -4.58. The van der Waals surface area contributed by atoms with Crippen molar-refractivity contribution in [2.45, 2.75) is 38.2 Å². The molecule has 0 saturated carbocycles. The van der Waals surface area contributed by atoms with Crippen LogP contribution >= 0.6 is 0 Å². The lowest BCUT2D eigenvalue weighted by molar-refractivity contribution is -0.181. The van der Waals surface area contributed by atoms with Crippen LogP contribution in [0, 0.1) is 5.92 Å². The summed E-state index contributed by atoms with van der Waals surface area (Å²) in [5.74, 6) is -6.21. The number of carbonyl (C=O) groups is 1. The van der Waals surface area contributed by atoms with E-state index in [1.54, 1.807) is 6.92 Å². The summed E-state index contributed by atoms with van der Waals surface area (Å²) in [4.78, 5) is 12.0. The Morgan fingerprint density at radius 1 is 1.35 bits per heavy atom. The smallest absolute Gasteiger partial charge is 0.337 e. The average Bonchev–Trinajstić information content (AvgIpc) is 2.27. The van der Waals surface area contributed by atoms with Crippen molar-refractivity contribution in [2.75, 3.05) is 13.1 Å². The molecule has 1 aliphatic heterocycles. The Kier molecular flexibility index (Phi) is 4.35. The predicted octanol–water partition coefficient (Wildman–Crippen LogP) is 1.47. The summed E-state index contributed by atoms with van der Waals surface area (Å²) in [6.07, 6.45) is -3.01. The fourth-order valence-electron chi connectivity index (χ4n) is 1.93. The lowest BCUT2D eigenvalue weighted by Crippen LogP contribution is -2.51.